The Kier molecular flexibility index (Phi) is 6.97. The molecule has 0 unspecified atom stereocenters. The predicted octanol–water partition coefficient (Wildman–Crippen LogP) is 3.79. The van der Waals surface area contributed by atoms with Crippen LogP contribution in [0.2, 0.25) is 0 Å². The second-order valence-corrected chi connectivity index (χ2v) is 9.87. The van der Waals surface area contributed by atoms with E-state index in [0.29, 0.717) is 31.3 Å². The predicted molar refractivity (Wildman–Crippen MR) is 114 cm³/mol. The summed E-state index contributed by atoms with van der Waals surface area (Å²) in [4.78, 5) is 18.2. The lowest BCUT2D eigenvalue weighted by Gasteiger charge is -2.31. The van der Waals surface area contributed by atoms with Crippen LogP contribution in [-0.4, -0.2) is 56.5 Å². The number of pyridine rings is 1. The van der Waals surface area contributed by atoms with Gasteiger partial charge in [0.2, 0.25) is 0 Å². The van der Waals surface area contributed by atoms with E-state index in [1.807, 2.05) is 38.1 Å². The van der Waals surface area contributed by atoms with E-state index in [1.54, 1.807) is 17.0 Å². The molecule has 0 N–H and O–H groups in total. The van der Waals surface area contributed by atoms with Gasteiger partial charge in [-0.05, 0) is 69.0 Å². The van der Waals surface area contributed by atoms with Gasteiger partial charge in [-0.15, -0.1) is 0 Å². The number of carbonyl (C=O) groups is 1. The largest absolute Gasteiger partial charge is 0.493 e. The molecule has 0 spiro atoms. The number of nitrogens with zero attached hydrogens (tertiary/aromatic N) is 2. The highest BCUT2D eigenvalue weighted by Crippen LogP contribution is 2.24. The van der Waals surface area contributed by atoms with Crippen LogP contribution in [0.1, 0.15) is 26.7 Å². The molecular weight excluding hydrogens is 404 g/mol. The highest BCUT2D eigenvalue weighted by molar-refractivity contribution is 7.90. The number of rotatable bonds is 6. The zero-order valence-electron chi connectivity index (χ0n) is 17.6. The lowest BCUT2D eigenvalue weighted by atomic mass is 9.98. The van der Waals surface area contributed by atoms with Crippen LogP contribution in [0.4, 0.5) is 4.79 Å². The Morgan fingerprint density at radius 3 is 2.33 bits per heavy atom. The third-order valence-electron chi connectivity index (χ3n) is 5.01. The Morgan fingerprint density at radius 1 is 1.13 bits per heavy atom. The molecule has 7 nitrogen and oxygen atoms in total. The number of ether oxygens (including phenoxy) is 2. The molecule has 1 fully saturated rings. The third-order valence-corrected chi connectivity index (χ3v) is 6.11. The zero-order valence-corrected chi connectivity index (χ0v) is 18.4. The van der Waals surface area contributed by atoms with Crippen molar-refractivity contribution in [1.29, 1.82) is 0 Å². The van der Waals surface area contributed by atoms with E-state index >= 15 is 0 Å². The van der Waals surface area contributed by atoms with Gasteiger partial charge in [0.25, 0.3) is 0 Å². The first-order valence-corrected chi connectivity index (χ1v) is 12.0. The van der Waals surface area contributed by atoms with Crippen molar-refractivity contribution < 1.29 is 22.7 Å². The molecule has 8 heteroatoms. The summed E-state index contributed by atoms with van der Waals surface area (Å²) >= 11 is 0. The Morgan fingerprint density at radius 2 is 1.80 bits per heavy atom. The van der Waals surface area contributed by atoms with Crippen LogP contribution in [0.25, 0.3) is 11.3 Å². The number of piperidine rings is 1. The molecule has 0 atom stereocenters. The number of hydrogen-bond acceptors (Lipinski definition) is 6. The highest BCUT2D eigenvalue weighted by atomic mass is 32.2. The van der Waals surface area contributed by atoms with Crippen molar-refractivity contribution >= 4 is 15.9 Å². The van der Waals surface area contributed by atoms with Gasteiger partial charge in [0.05, 0.1) is 23.3 Å². The topological polar surface area (TPSA) is 85.8 Å². The van der Waals surface area contributed by atoms with E-state index in [0.717, 1.165) is 30.4 Å². The van der Waals surface area contributed by atoms with E-state index in [9.17, 15) is 13.2 Å². The molecule has 0 aliphatic carbocycles. The van der Waals surface area contributed by atoms with Gasteiger partial charge in [-0.3, -0.25) is 4.98 Å². The zero-order chi connectivity index (χ0) is 21.7. The second-order valence-electron chi connectivity index (χ2n) is 7.85. The molecule has 0 bridgehead atoms. The van der Waals surface area contributed by atoms with Crippen LogP contribution in [0, 0.1) is 5.92 Å². The van der Waals surface area contributed by atoms with Crippen molar-refractivity contribution in [2.45, 2.75) is 37.7 Å². The molecule has 1 aliphatic heterocycles. The summed E-state index contributed by atoms with van der Waals surface area (Å²) in [7, 11) is -3.25. The van der Waals surface area contributed by atoms with Gasteiger partial charge in [-0.2, -0.15) is 0 Å². The lowest BCUT2D eigenvalue weighted by Crippen LogP contribution is -2.40. The molecule has 1 amide bonds. The number of amides is 1. The fraction of sp³-hybridized carbons (Fsp3) is 0.455. The van der Waals surface area contributed by atoms with E-state index in [1.165, 1.54) is 6.20 Å². The molecule has 1 aromatic heterocycles. The number of sulfone groups is 1. The van der Waals surface area contributed by atoms with Gasteiger partial charge < -0.3 is 14.4 Å². The van der Waals surface area contributed by atoms with Gasteiger partial charge in [0.15, 0.2) is 9.84 Å². The molecule has 3 rings (SSSR count). The summed E-state index contributed by atoms with van der Waals surface area (Å²) in [5.74, 6) is 1.17. The molecule has 1 saturated heterocycles. The summed E-state index contributed by atoms with van der Waals surface area (Å²) in [5.41, 5.74) is 1.59. The summed E-state index contributed by atoms with van der Waals surface area (Å²) in [6, 6.07) is 10.8. The molecule has 30 heavy (non-hydrogen) atoms. The first-order chi connectivity index (χ1) is 14.2. The minimum Gasteiger partial charge on any atom is -0.493 e. The average molecular weight is 433 g/mol. The maximum Gasteiger partial charge on any atom is 0.410 e. The monoisotopic (exact) mass is 432 g/mol. The van der Waals surface area contributed by atoms with Crippen LogP contribution < -0.4 is 4.74 Å². The molecule has 0 saturated carbocycles. The van der Waals surface area contributed by atoms with Gasteiger partial charge in [0.1, 0.15) is 5.75 Å². The van der Waals surface area contributed by atoms with Crippen molar-refractivity contribution in [3.05, 3.63) is 42.6 Å². The average Bonchev–Trinajstić information content (AvgIpc) is 2.72. The maximum atomic E-state index is 11.9. The molecule has 1 aromatic carbocycles. The quantitative estimate of drug-likeness (QED) is 0.690. The van der Waals surface area contributed by atoms with Gasteiger partial charge in [0, 0.05) is 31.1 Å². The maximum absolute atomic E-state index is 11.9. The fourth-order valence-electron chi connectivity index (χ4n) is 3.26. The molecule has 2 heterocycles. The van der Waals surface area contributed by atoms with Crippen LogP contribution in [0.3, 0.4) is 0 Å². The normalized spacial score (nSPS) is 15.3. The Hall–Kier alpha value is -2.61. The van der Waals surface area contributed by atoms with Crippen molar-refractivity contribution in [1.82, 2.24) is 9.88 Å². The summed E-state index contributed by atoms with van der Waals surface area (Å²) < 4.78 is 34.3. The van der Waals surface area contributed by atoms with Crippen molar-refractivity contribution in [3.63, 3.8) is 0 Å². The first-order valence-electron chi connectivity index (χ1n) is 10.1. The van der Waals surface area contributed by atoms with Crippen molar-refractivity contribution in [2.75, 3.05) is 26.0 Å². The number of benzene rings is 1. The number of carbonyl (C=O) groups excluding carboxylic acids is 1. The SMILES string of the molecule is CC(C)OC(=O)N1CCC(COc2ccc(-c3ccc(S(C)(=O)=O)cn3)cc2)CC1. The van der Waals surface area contributed by atoms with Crippen molar-refractivity contribution in [3.8, 4) is 17.0 Å². The number of likely N-dealkylation sites (tertiary alicyclic amines) is 1. The molecule has 162 valence electrons. The van der Waals surface area contributed by atoms with Crippen LogP contribution in [0.15, 0.2) is 47.5 Å². The van der Waals surface area contributed by atoms with E-state index in [4.69, 9.17) is 9.47 Å². The summed E-state index contributed by atoms with van der Waals surface area (Å²) in [6.45, 7) is 5.68. The minimum atomic E-state index is -3.25. The Bertz CT molecular complexity index is 948. The van der Waals surface area contributed by atoms with Crippen molar-refractivity contribution in [2.24, 2.45) is 5.92 Å². The van der Waals surface area contributed by atoms with Crippen LogP contribution in [-0.2, 0) is 14.6 Å². The highest BCUT2D eigenvalue weighted by Gasteiger charge is 2.24. The second kappa shape index (κ2) is 9.47. The molecule has 2 aromatic rings. The Balaban J connectivity index is 1.49. The Labute approximate surface area is 177 Å². The summed E-state index contributed by atoms with van der Waals surface area (Å²) in [5, 5.41) is 0. The first kappa shape index (κ1) is 22.1. The number of hydrogen-bond donors (Lipinski definition) is 0. The summed E-state index contributed by atoms with van der Waals surface area (Å²) in [6.07, 6.45) is 3.98. The lowest BCUT2D eigenvalue weighted by molar-refractivity contribution is 0.0608. The standard InChI is InChI=1S/C22H28N2O5S/c1-16(2)29-22(25)24-12-10-17(11-13-24)15-28-19-6-4-18(5-7-19)21-9-8-20(14-23-21)30(3,26)27/h4-9,14,16-17H,10-13,15H2,1-3H3. The van der Waals surface area contributed by atoms with E-state index in [-0.39, 0.29) is 17.1 Å². The molecule has 0 radical (unpaired) electrons. The van der Waals surface area contributed by atoms with Gasteiger partial charge in [-0.25, -0.2) is 13.2 Å². The van der Waals surface area contributed by atoms with Crippen LogP contribution in [0.5, 0.6) is 5.75 Å². The number of aromatic nitrogens is 1. The fourth-order valence-corrected chi connectivity index (χ4v) is 3.82. The third kappa shape index (κ3) is 5.95. The smallest absolute Gasteiger partial charge is 0.410 e. The van der Waals surface area contributed by atoms with E-state index in [2.05, 4.69) is 4.98 Å². The van der Waals surface area contributed by atoms with Gasteiger partial charge >= 0.3 is 6.09 Å². The van der Waals surface area contributed by atoms with Gasteiger partial charge in [-0.1, -0.05) is 0 Å². The molecular formula is C22H28N2O5S. The van der Waals surface area contributed by atoms with Crippen LogP contribution >= 0.6 is 0 Å². The van der Waals surface area contributed by atoms with E-state index < -0.39 is 9.84 Å². The molecule has 1 aliphatic rings. The minimum absolute atomic E-state index is 0.102.